The quantitative estimate of drug-likeness (QED) is 0.917. The molecule has 1 unspecified atom stereocenters. The first-order valence-corrected chi connectivity index (χ1v) is 7.84. The molecule has 19 heavy (non-hydrogen) atoms. The topological polar surface area (TPSA) is 64.1 Å². The average molecular weight is 279 g/mol. The molecule has 0 aromatic carbocycles. The van der Waals surface area contributed by atoms with Crippen LogP contribution < -0.4 is 5.32 Å². The van der Waals surface area contributed by atoms with Gasteiger partial charge in [-0.25, -0.2) is 4.98 Å². The van der Waals surface area contributed by atoms with Gasteiger partial charge in [-0.05, 0) is 38.0 Å². The van der Waals surface area contributed by atoms with Gasteiger partial charge in [-0.1, -0.05) is 0 Å². The number of rotatable bonds is 4. The Bertz CT molecular complexity index is 494. The maximum Gasteiger partial charge on any atom is 0.229 e. The normalized spacial score (nSPS) is 33.4. The first kappa shape index (κ1) is 11.8. The van der Waals surface area contributed by atoms with E-state index < -0.39 is 0 Å². The Kier molecular flexibility index (Phi) is 2.81. The van der Waals surface area contributed by atoms with E-state index in [1.165, 1.54) is 24.4 Å². The summed E-state index contributed by atoms with van der Waals surface area (Å²) in [6.07, 6.45) is 5.90. The van der Waals surface area contributed by atoms with E-state index >= 15 is 0 Å². The highest BCUT2D eigenvalue weighted by Gasteiger charge is 2.49. The second-order valence-electron chi connectivity index (χ2n) is 5.78. The third kappa shape index (κ3) is 2.39. The molecule has 1 N–H and O–H groups in total. The second-order valence-corrected chi connectivity index (χ2v) is 6.53. The zero-order valence-electron chi connectivity index (χ0n) is 10.7. The van der Waals surface area contributed by atoms with Crippen LogP contribution in [-0.2, 0) is 9.53 Å². The van der Waals surface area contributed by atoms with Crippen LogP contribution in [0.2, 0.25) is 0 Å². The third-order valence-corrected chi connectivity index (χ3v) is 4.88. The molecular formula is C13H17N3O2S. The predicted octanol–water partition coefficient (Wildman–Crippen LogP) is 2.17. The third-order valence-electron chi connectivity index (χ3n) is 4.23. The Morgan fingerprint density at radius 3 is 3.00 bits per heavy atom. The SMILES string of the molecule is O=C(Nc1nc(C2CC2)ns1)[C@@H]1C[C@H]1C1CCCO1. The molecule has 1 amide bonds. The Balaban J connectivity index is 1.33. The summed E-state index contributed by atoms with van der Waals surface area (Å²) in [6.45, 7) is 0.858. The zero-order chi connectivity index (χ0) is 12.8. The van der Waals surface area contributed by atoms with Gasteiger partial charge in [0.05, 0.1) is 6.10 Å². The largest absolute Gasteiger partial charge is 0.378 e. The first-order chi connectivity index (χ1) is 9.31. The lowest BCUT2D eigenvalue weighted by Gasteiger charge is -2.07. The highest BCUT2D eigenvalue weighted by molar-refractivity contribution is 7.09. The van der Waals surface area contributed by atoms with Crippen LogP contribution in [0.3, 0.4) is 0 Å². The van der Waals surface area contributed by atoms with Gasteiger partial charge in [-0.15, -0.1) is 0 Å². The standard InChI is InChI=1S/C13H17N3O2S/c17-12(9-6-8(9)10-2-1-5-18-10)15-13-14-11(16-19-13)7-3-4-7/h7-10H,1-6H2,(H,14,15,16,17)/t8-,9-,10?/m1/s1. The van der Waals surface area contributed by atoms with Crippen LogP contribution in [0.5, 0.6) is 0 Å². The van der Waals surface area contributed by atoms with Crippen molar-refractivity contribution in [2.45, 2.75) is 44.1 Å². The van der Waals surface area contributed by atoms with Crippen molar-refractivity contribution in [1.82, 2.24) is 9.36 Å². The summed E-state index contributed by atoms with van der Waals surface area (Å²) in [5.74, 6) is 2.10. The summed E-state index contributed by atoms with van der Waals surface area (Å²) in [7, 11) is 0. The number of ether oxygens (including phenoxy) is 1. The van der Waals surface area contributed by atoms with Crippen molar-refractivity contribution >= 4 is 22.6 Å². The molecule has 0 radical (unpaired) electrons. The van der Waals surface area contributed by atoms with E-state index in [4.69, 9.17) is 4.74 Å². The van der Waals surface area contributed by atoms with Gasteiger partial charge < -0.3 is 10.1 Å². The summed E-state index contributed by atoms with van der Waals surface area (Å²) in [4.78, 5) is 16.5. The predicted molar refractivity (Wildman–Crippen MR) is 71.1 cm³/mol. The van der Waals surface area contributed by atoms with E-state index in [-0.39, 0.29) is 11.8 Å². The molecule has 1 aliphatic heterocycles. The molecule has 1 aromatic heterocycles. The molecule has 3 atom stereocenters. The molecule has 1 saturated heterocycles. The lowest BCUT2D eigenvalue weighted by Crippen LogP contribution is -2.18. The number of amides is 1. The molecule has 5 nitrogen and oxygen atoms in total. The van der Waals surface area contributed by atoms with Gasteiger partial charge in [0.1, 0.15) is 5.82 Å². The Labute approximate surface area is 115 Å². The van der Waals surface area contributed by atoms with Crippen molar-refractivity contribution in [3.8, 4) is 0 Å². The van der Waals surface area contributed by atoms with Gasteiger partial charge >= 0.3 is 0 Å². The van der Waals surface area contributed by atoms with E-state index in [1.807, 2.05) is 0 Å². The molecule has 3 fully saturated rings. The number of carbonyl (C=O) groups is 1. The van der Waals surface area contributed by atoms with E-state index in [0.29, 0.717) is 23.1 Å². The fourth-order valence-corrected chi connectivity index (χ4v) is 3.51. The molecular weight excluding hydrogens is 262 g/mol. The van der Waals surface area contributed by atoms with Crippen LogP contribution in [-0.4, -0.2) is 28.0 Å². The van der Waals surface area contributed by atoms with Crippen molar-refractivity contribution in [1.29, 1.82) is 0 Å². The van der Waals surface area contributed by atoms with E-state index in [1.54, 1.807) is 0 Å². The molecule has 2 heterocycles. The van der Waals surface area contributed by atoms with Gasteiger partial charge in [0.2, 0.25) is 11.0 Å². The van der Waals surface area contributed by atoms with Crippen LogP contribution in [0.1, 0.15) is 43.8 Å². The number of aromatic nitrogens is 2. The molecule has 6 heteroatoms. The second kappa shape index (κ2) is 4.52. The van der Waals surface area contributed by atoms with Gasteiger partial charge in [0, 0.05) is 30.0 Å². The van der Waals surface area contributed by atoms with Crippen LogP contribution in [0, 0.1) is 11.8 Å². The van der Waals surface area contributed by atoms with Gasteiger partial charge in [0.15, 0.2) is 0 Å². The van der Waals surface area contributed by atoms with Gasteiger partial charge in [-0.3, -0.25) is 4.79 Å². The summed E-state index contributed by atoms with van der Waals surface area (Å²) in [5.41, 5.74) is 0. The van der Waals surface area contributed by atoms with E-state index in [2.05, 4.69) is 14.7 Å². The minimum Gasteiger partial charge on any atom is -0.378 e. The van der Waals surface area contributed by atoms with Crippen LogP contribution >= 0.6 is 11.5 Å². The Hall–Kier alpha value is -1.01. The fraction of sp³-hybridized carbons (Fsp3) is 0.769. The zero-order valence-corrected chi connectivity index (χ0v) is 11.5. The number of nitrogens with zero attached hydrogens (tertiary/aromatic N) is 2. The smallest absolute Gasteiger partial charge is 0.229 e. The van der Waals surface area contributed by atoms with Crippen LogP contribution in [0.25, 0.3) is 0 Å². The van der Waals surface area contributed by atoms with Crippen LogP contribution in [0.15, 0.2) is 0 Å². The number of carbonyl (C=O) groups excluding carboxylic acids is 1. The molecule has 102 valence electrons. The summed E-state index contributed by atoms with van der Waals surface area (Å²) >= 11 is 1.30. The molecule has 3 aliphatic rings. The van der Waals surface area contributed by atoms with Crippen molar-refractivity contribution in [3.05, 3.63) is 5.82 Å². The monoisotopic (exact) mass is 279 g/mol. The molecule has 1 aromatic rings. The Morgan fingerprint density at radius 1 is 1.37 bits per heavy atom. The molecule has 0 spiro atoms. The lowest BCUT2D eigenvalue weighted by molar-refractivity contribution is -0.118. The van der Waals surface area contributed by atoms with Crippen molar-refractivity contribution < 1.29 is 9.53 Å². The number of nitrogens with one attached hydrogen (secondary N) is 1. The summed E-state index contributed by atoms with van der Waals surface area (Å²) in [6, 6.07) is 0. The van der Waals surface area contributed by atoms with Crippen molar-refractivity contribution in [3.63, 3.8) is 0 Å². The summed E-state index contributed by atoms with van der Waals surface area (Å²) in [5, 5.41) is 3.57. The minimum atomic E-state index is 0.0963. The van der Waals surface area contributed by atoms with E-state index in [0.717, 1.165) is 31.7 Å². The number of hydrogen-bond acceptors (Lipinski definition) is 5. The van der Waals surface area contributed by atoms with E-state index in [9.17, 15) is 4.79 Å². The van der Waals surface area contributed by atoms with Crippen molar-refractivity contribution in [2.24, 2.45) is 11.8 Å². The first-order valence-electron chi connectivity index (χ1n) is 7.07. The maximum atomic E-state index is 12.1. The number of hydrogen-bond donors (Lipinski definition) is 1. The lowest BCUT2D eigenvalue weighted by atomic mass is 10.1. The van der Waals surface area contributed by atoms with Crippen LogP contribution in [0.4, 0.5) is 5.13 Å². The highest BCUT2D eigenvalue weighted by Crippen LogP contribution is 2.46. The average Bonchev–Trinajstić information content (AvgIpc) is 3.32. The Morgan fingerprint density at radius 2 is 2.26 bits per heavy atom. The minimum absolute atomic E-state index is 0.0963. The maximum absolute atomic E-state index is 12.1. The molecule has 0 bridgehead atoms. The summed E-state index contributed by atoms with van der Waals surface area (Å²) < 4.78 is 9.94. The molecule has 2 saturated carbocycles. The van der Waals surface area contributed by atoms with Crippen molar-refractivity contribution in [2.75, 3.05) is 11.9 Å². The molecule has 4 rings (SSSR count). The fourth-order valence-electron chi connectivity index (χ4n) is 2.86. The van der Waals surface area contributed by atoms with Gasteiger partial charge in [0.25, 0.3) is 0 Å². The highest BCUT2D eigenvalue weighted by atomic mass is 32.1. The van der Waals surface area contributed by atoms with Gasteiger partial charge in [-0.2, -0.15) is 4.37 Å². The number of anilines is 1. The molecule has 2 aliphatic carbocycles.